The van der Waals surface area contributed by atoms with Crippen molar-refractivity contribution in [1.82, 2.24) is 9.78 Å². The van der Waals surface area contributed by atoms with Gasteiger partial charge in [0.25, 0.3) is 0 Å². The Hall–Kier alpha value is -1.000. The first kappa shape index (κ1) is 10.5. The fourth-order valence-corrected chi connectivity index (χ4v) is 1.85. The second-order valence-corrected chi connectivity index (χ2v) is 4.41. The lowest BCUT2D eigenvalue weighted by molar-refractivity contribution is 0.688. The standard InChI is InChI=1S/C10H9BrClN3/c11-8-4-2-1-3-7(8)5-15-6-9(12)10(13)14-15/h1-4,6H,5H2,(H2,13,14). The molecule has 0 saturated heterocycles. The van der Waals surface area contributed by atoms with Crippen LogP contribution in [0.3, 0.4) is 0 Å². The first-order chi connectivity index (χ1) is 7.16. The molecule has 0 atom stereocenters. The molecule has 2 rings (SSSR count). The normalized spacial score (nSPS) is 10.5. The van der Waals surface area contributed by atoms with Gasteiger partial charge in [0.05, 0.1) is 6.54 Å². The van der Waals surface area contributed by atoms with Gasteiger partial charge in [0.2, 0.25) is 0 Å². The summed E-state index contributed by atoms with van der Waals surface area (Å²) < 4.78 is 2.77. The van der Waals surface area contributed by atoms with Gasteiger partial charge in [0, 0.05) is 10.7 Å². The molecule has 78 valence electrons. The summed E-state index contributed by atoms with van der Waals surface area (Å²) >= 11 is 9.29. The van der Waals surface area contributed by atoms with Gasteiger partial charge in [0.1, 0.15) is 5.02 Å². The van der Waals surface area contributed by atoms with Crippen LogP contribution in [0.1, 0.15) is 5.56 Å². The van der Waals surface area contributed by atoms with E-state index in [1.165, 1.54) is 0 Å². The molecule has 1 heterocycles. The van der Waals surface area contributed by atoms with Crippen LogP contribution in [0, 0.1) is 0 Å². The minimum atomic E-state index is 0.365. The van der Waals surface area contributed by atoms with Crippen LogP contribution in [-0.2, 0) is 6.54 Å². The van der Waals surface area contributed by atoms with Crippen LogP contribution in [0.5, 0.6) is 0 Å². The number of halogens is 2. The van der Waals surface area contributed by atoms with Crippen LogP contribution < -0.4 is 5.73 Å². The minimum Gasteiger partial charge on any atom is -0.381 e. The highest BCUT2D eigenvalue weighted by atomic mass is 79.9. The summed E-state index contributed by atoms with van der Waals surface area (Å²) in [7, 11) is 0. The average Bonchev–Trinajstić information content (AvgIpc) is 2.50. The third-order valence-corrected chi connectivity index (χ3v) is 3.10. The topological polar surface area (TPSA) is 43.8 Å². The summed E-state index contributed by atoms with van der Waals surface area (Å²) in [5.41, 5.74) is 6.69. The maximum absolute atomic E-state index is 5.82. The van der Waals surface area contributed by atoms with Crippen molar-refractivity contribution >= 4 is 33.3 Å². The molecule has 0 bridgehead atoms. The van der Waals surface area contributed by atoms with Crippen molar-refractivity contribution in [3.63, 3.8) is 0 Å². The van der Waals surface area contributed by atoms with Crippen molar-refractivity contribution in [1.29, 1.82) is 0 Å². The van der Waals surface area contributed by atoms with Gasteiger partial charge in [-0.25, -0.2) is 0 Å². The van der Waals surface area contributed by atoms with E-state index in [9.17, 15) is 0 Å². The molecule has 0 spiro atoms. The van der Waals surface area contributed by atoms with E-state index in [-0.39, 0.29) is 0 Å². The number of aromatic nitrogens is 2. The van der Waals surface area contributed by atoms with Crippen molar-refractivity contribution in [3.8, 4) is 0 Å². The Morgan fingerprint density at radius 3 is 2.73 bits per heavy atom. The second kappa shape index (κ2) is 4.24. The van der Waals surface area contributed by atoms with Gasteiger partial charge in [-0.1, -0.05) is 45.7 Å². The molecular formula is C10H9BrClN3. The molecular weight excluding hydrogens is 277 g/mol. The molecule has 0 amide bonds. The van der Waals surface area contributed by atoms with E-state index < -0.39 is 0 Å². The number of nitrogens with two attached hydrogens (primary N) is 1. The molecule has 1 aromatic carbocycles. The van der Waals surface area contributed by atoms with Gasteiger partial charge in [-0.15, -0.1) is 0 Å². The smallest absolute Gasteiger partial charge is 0.164 e. The third kappa shape index (κ3) is 2.33. The average molecular weight is 287 g/mol. The van der Waals surface area contributed by atoms with Crippen molar-refractivity contribution in [3.05, 3.63) is 45.5 Å². The van der Waals surface area contributed by atoms with Gasteiger partial charge in [-0.2, -0.15) is 5.10 Å². The highest BCUT2D eigenvalue weighted by molar-refractivity contribution is 9.10. The highest BCUT2D eigenvalue weighted by Gasteiger charge is 2.04. The van der Waals surface area contributed by atoms with Crippen molar-refractivity contribution in [2.75, 3.05) is 5.73 Å². The van der Waals surface area contributed by atoms with E-state index in [0.717, 1.165) is 10.0 Å². The van der Waals surface area contributed by atoms with Crippen molar-refractivity contribution < 1.29 is 0 Å². The Bertz CT molecular complexity index is 462. The molecule has 0 aliphatic rings. The molecule has 0 aliphatic carbocycles. The Kier molecular flexibility index (Phi) is 2.98. The number of rotatable bonds is 2. The van der Waals surface area contributed by atoms with Crippen LogP contribution in [0.15, 0.2) is 34.9 Å². The molecule has 1 aromatic heterocycles. The number of hydrogen-bond donors (Lipinski definition) is 1. The molecule has 0 aliphatic heterocycles. The van der Waals surface area contributed by atoms with E-state index in [0.29, 0.717) is 17.4 Å². The minimum absolute atomic E-state index is 0.365. The van der Waals surface area contributed by atoms with Crippen LogP contribution in [0.4, 0.5) is 5.82 Å². The van der Waals surface area contributed by atoms with Gasteiger partial charge < -0.3 is 5.73 Å². The van der Waals surface area contributed by atoms with Crippen LogP contribution in [0.25, 0.3) is 0 Å². The van der Waals surface area contributed by atoms with E-state index in [4.69, 9.17) is 17.3 Å². The summed E-state index contributed by atoms with van der Waals surface area (Å²) in [5.74, 6) is 0.365. The maximum Gasteiger partial charge on any atom is 0.164 e. The van der Waals surface area contributed by atoms with Crippen molar-refractivity contribution in [2.24, 2.45) is 0 Å². The molecule has 2 aromatic rings. The summed E-state index contributed by atoms with van der Waals surface area (Å²) in [5, 5.41) is 4.58. The number of benzene rings is 1. The molecule has 15 heavy (non-hydrogen) atoms. The lowest BCUT2D eigenvalue weighted by atomic mass is 10.2. The fraction of sp³-hybridized carbons (Fsp3) is 0.100. The summed E-state index contributed by atoms with van der Waals surface area (Å²) in [6.45, 7) is 0.651. The van der Waals surface area contributed by atoms with Crippen molar-refractivity contribution in [2.45, 2.75) is 6.54 Å². The quantitative estimate of drug-likeness (QED) is 0.922. The zero-order chi connectivity index (χ0) is 10.8. The Morgan fingerprint density at radius 2 is 2.13 bits per heavy atom. The first-order valence-corrected chi connectivity index (χ1v) is 5.56. The second-order valence-electron chi connectivity index (χ2n) is 3.15. The lowest BCUT2D eigenvalue weighted by Crippen LogP contribution is -2.01. The Labute approximate surface area is 101 Å². The van der Waals surface area contributed by atoms with E-state index in [1.54, 1.807) is 10.9 Å². The number of nitrogens with zero attached hydrogens (tertiary/aromatic N) is 2. The largest absolute Gasteiger partial charge is 0.381 e. The van der Waals surface area contributed by atoms with Crippen LogP contribution >= 0.6 is 27.5 Å². The zero-order valence-electron chi connectivity index (χ0n) is 7.82. The van der Waals surface area contributed by atoms with E-state index in [2.05, 4.69) is 21.0 Å². The van der Waals surface area contributed by atoms with Gasteiger partial charge >= 0.3 is 0 Å². The number of anilines is 1. The summed E-state index contributed by atoms with van der Waals surface area (Å²) in [4.78, 5) is 0. The van der Waals surface area contributed by atoms with Crippen LogP contribution in [0.2, 0.25) is 5.02 Å². The molecule has 5 heteroatoms. The van der Waals surface area contributed by atoms with Gasteiger partial charge in [0.15, 0.2) is 5.82 Å². The van der Waals surface area contributed by atoms with Gasteiger partial charge in [-0.05, 0) is 11.6 Å². The van der Waals surface area contributed by atoms with E-state index >= 15 is 0 Å². The molecule has 3 nitrogen and oxygen atoms in total. The fourth-order valence-electron chi connectivity index (χ4n) is 1.29. The molecule has 2 N–H and O–H groups in total. The zero-order valence-corrected chi connectivity index (χ0v) is 10.2. The molecule has 0 radical (unpaired) electrons. The Morgan fingerprint density at radius 1 is 1.40 bits per heavy atom. The molecule has 0 unspecified atom stereocenters. The van der Waals surface area contributed by atoms with Gasteiger partial charge in [-0.3, -0.25) is 4.68 Å². The predicted molar refractivity (Wildman–Crippen MR) is 64.9 cm³/mol. The third-order valence-electron chi connectivity index (χ3n) is 2.03. The predicted octanol–water partition coefficient (Wildman–Crippen LogP) is 2.93. The SMILES string of the molecule is Nc1nn(Cc2ccccc2Br)cc1Cl. The summed E-state index contributed by atoms with van der Waals surface area (Å²) in [6, 6.07) is 7.96. The Balaban J connectivity index is 2.26. The maximum atomic E-state index is 5.82. The number of hydrogen-bond acceptors (Lipinski definition) is 2. The first-order valence-electron chi connectivity index (χ1n) is 4.38. The molecule has 0 saturated carbocycles. The highest BCUT2D eigenvalue weighted by Crippen LogP contribution is 2.19. The summed E-state index contributed by atoms with van der Waals surface area (Å²) in [6.07, 6.45) is 1.72. The number of nitrogen functional groups attached to an aromatic ring is 1. The molecule has 0 fully saturated rings. The monoisotopic (exact) mass is 285 g/mol. The van der Waals surface area contributed by atoms with E-state index in [1.807, 2.05) is 24.3 Å². The van der Waals surface area contributed by atoms with Crippen LogP contribution in [-0.4, -0.2) is 9.78 Å². The lowest BCUT2D eigenvalue weighted by Gasteiger charge is -2.03.